The molecule has 0 saturated heterocycles. The molecule has 0 amide bonds. The van der Waals surface area contributed by atoms with E-state index in [1.54, 1.807) is 109 Å². The molecule has 10 aromatic carbocycles. The first-order valence-electron chi connectivity index (χ1n) is 32.2. The second kappa shape index (κ2) is 29.8. The fourth-order valence-electron chi connectivity index (χ4n) is 12.8. The number of nitrogens with zero attached hydrogens (tertiary/aromatic N) is 12. The number of fused-ring (bicyclic) bond motifs is 18. The topological polar surface area (TPSA) is 506 Å². The Morgan fingerprint density at radius 1 is 0.463 bits per heavy atom. The molecule has 2 aromatic heterocycles. The Bertz CT molecular complexity index is 6530. The van der Waals surface area contributed by atoms with E-state index in [2.05, 4.69) is 35.6 Å². The zero-order valence-corrected chi connectivity index (χ0v) is 62.7. The molecule has 31 nitrogen and oxygen atoms in total. The normalized spacial score (nSPS) is 14.2. The summed E-state index contributed by atoms with van der Waals surface area (Å²) in [6.07, 6.45) is 3.68. The Hall–Kier alpha value is -10.8. The molecule has 6 heterocycles. The Morgan fingerprint density at radius 3 is 1.31 bits per heavy atom. The summed E-state index contributed by atoms with van der Waals surface area (Å²) in [4.78, 5) is 46.7. The van der Waals surface area contributed by atoms with E-state index in [-0.39, 0.29) is 88.8 Å². The van der Waals surface area contributed by atoms with Gasteiger partial charge in [0.15, 0.2) is 0 Å². The van der Waals surface area contributed by atoms with Crippen molar-refractivity contribution in [1.82, 2.24) is 6.55 Å². The Balaban J connectivity index is 0.000000259. The molecule has 0 atom stereocenters. The molecular weight excluding hydrogens is 1570 g/mol. The summed E-state index contributed by atoms with van der Waals surface area (Å²) in [5, 5.41) is 26.2. The number of nitrogens with one attached hydrogen (secondary N) is 2. The molecule has 0 aliphatic carbocycles. The van der Waals surface area contributed by atoms with E-state index in [1.165, 1.54) is 42.5 Å². The molecule has 12 aromatic rings. The van der Waals surface area contributed by atoms with Crippen molar-refractivity contribution < 1.29 is 61.9 Å². The number of guanidine groups is 4. The van der Waals surface area contributed by atoms with Gasteiger partial charge in [-0.25, -0.2) is 0 Å². The number of hydrogen-bond donors (Lipinski definition) is 6. The maximum Gasteiger partial charge on any atom is 1.00 e. The molecule has 38 heteroatoms. The van der Waals surface area contributed by atoms with E-state index in [4.69, 9.17) is 80.4 Å². The van der Waals surface area contributed by atoms with Gasteiger partial charge in [-0.3, -0.25) is 9.98 Å². The van der Waals surface area contributed by atoms with Crippen LogP contribution in [0.25, 0.3) is 64.6 Å². The molecule has 1 radical (unpaired) electrons. The Labute approximate surface area is 637 Å². The maximum atomic E-state index is 12.8. The van der Waals surface area contributed by atoms with Crippen molar-refractivity contribution in [3.63, 3.8) is 0 Å². The fourth-order valence-corrected chi connectivity index (χ4v) is 18.7. The van der Waals surface area contributed by atoms with Crippen molar-refractivity contribution in [3.05, 3.63) is 213 Å². The summed E-state index contributed by atoms with van der Waals surface area (Å²) >= 11 is 9.96. The number of benzene rings is 10. The van der Waals surface area contributed by atoms with Crippen LogP contribution >= 0.6 is 35.2 Å². The standard InChI is InChI=1S/C48H24N8O12S4.C22H30Cl2N10.Ga.H2O/c57-67-68-69-37-9-1-5-21-13-29-33(17-25(21)37)45-49-41(29)51-46-35-19-27-23(7-3-11-39(27)71(61,62)63)15-31(35)43(53-46)55-48-36-20-28-24(8-4-12-40(28)72(64,65)66)16-32(36)44(56-48)54-47-34-18-26-22(14-30(34)42(50-45)52-47)6-2-10-38(26)70(58,59)60;23-15-5-9-17(10-6-15)31-21(27)33-19(25)29-13-3-1-2-4-14-30-20(26)34-22(28)32-18-11-7-16(24)8-12-18;;/h1-20H,(H4-2,49,50,51,52,53,54,55,56,57,58,59,60,61,62,63,64,65,66);5-12H,1-4,13-14H2,(H5,25,27,29,31,33)(H5,26,28,30,32,34);;1H2/q-2;;+2;/p-2. The summed E-state index contributed by atoms with van der Waals surface area (Å²) in [5.74, 6) is 1.63. The second-order valence-electron chi connectivity index (χ2n) is 24.3. The number of unbranched alkanes of at least 4 members (excludes halogenated alkanes) is 3. The number of rotatable bonds is 15. The van der Waals surface area contributed by atoms with E-state index in [0.717, 1.165) is 37.1 Å². The van der Waals surface area contributed by atoms with Crippen LogP contribution < -0.4 is 49.8 Å². The van der Waals surface area contributed by atoms with Crippen molar-refractivity contribution in [3.8, 4) is 0 Å². The minimum absolute atomic E-state index is 0. The zero-order chi connectivity index (χ0) is 74.8. The summed E-state index contributed by atoms with van der Waals surface area (Å²) < 4.78 is 124. The molecule has 4 aliphatic rings. The van der Waals surface area contributed by atoms with Gasteiger partial charge in [0.1, 0.15) is 0 Å². The fraction of sp³-hybridized carbons (Fsp3) is 0.0857. The van der Waals surface area contributed by atoms with Crippen molar-refractivity contribution >= 4 is 218 Å². The van der Waals surface area contributed by atoms with Crippen LogP contribution in [0.3, 0.4) is 0 Å². The summed E-state index contributed by atoms with van der Waals surface area (Å²) in [5.41, 5.74) is 27.0. The summed E-state index contributed by atoms with van der Waals surface area (Å²) in [7, 11) is -15.0. The van der Waals surface area contributed by atoms with Crippen LogP contribution in [0.5, 0.6) is 0 Å². The molecule has 0 fully saturated rings. The van der Waals surface area contributed by atoms with Crippen molar-refractivity contribution in [2.24, 2.45) is 72.9 Å². The summed E-state index contributed by atoms with van der Waals surface area (Å²) in [6.45, 7) is 1.12. The third-order valence-corrected chi connectivity index (χ3v) is 24.4. The van der Waals surface area contributed by atoms with Crippen LogP contribution in [0.2, 0.25) is 10.0 Å². The van der Waals surface area contributed by atoms with E-state index in [0.29, 0.717) is 116 Å². The number of nitrogens with two attached hydrogens (primary N) is 4. The minimum atomic E-state index is -5.02. The van der Waals surface area contributed by atoms with Crippen LogP contribution in [0, 0.1) is 0 Å². The van der Waals surface area contributed by atoms with Gasteiger partial charge in [0.05, 0.1) is 0 Å². The van der Waals surface area contributed by atoms with Gasteiger partial charge in [-0.1, -0.05) is 36.0 Å². The van der Waals surface area contributed by atoms with E-state index < -0.39 is 62.9 Å². The van der Waals surface area contributed by atoms with Gasteiger partial charge in [-0.2, -0.15) is 9.98 Å². The third-order valence-electron chi connectivity index (χ3n) is 17.5. The van der Waals surface area contributed by atoms with Crippen molar-refractivity contribution in [2.75, 3.05) is 23.7 Å². The molecule has 4 aliphatic heterocycles. The molecular formula is C70H54Cl2GaN18O13S4-2. The smallest absolute Gasteiger partial charge is 1.00 e. The predicted molar refractivity (Wildman–Crippen MR) is 414 cm³/mol. The molecule has 0 saturated carbocycles. The average molecular weight is 1620 g/mol. The largest absolute Gasteiger partial charge is 1.00 e. The minimum Gasteiger partial charge on any atom is 1.00 e. The van der Waals surface area contributed by atoms with Crippen LogP contribution in [0.1, 0.15) is 50.8 Å². The number of aromatic nitrogens is 2. The SMILES string of the molecule is NC(=NCCCCCCN=C(N)N=C(N)Nc1ccc(Cl)cc1)N=C(N)Nc1ccc(Cl)cc1.O.O=S(=O)([O-])c1cccc2cc3c(cc12)C1=Nc2c4cc5cccc(S(=O)(=O)[O-])c5cc4c4[n]2[Ga][n]2c(c5cc6cccc(S(=O)(=O)[O-])c6cc5c2=NC3=N1)=NC1=NC(=N4)c2cc3cccc(SOO[O-])c3cc21.[H+].[H+]. The van der Waals surface area contributed by atoms with Gasteiger partial charge in [-0.15, -0.1) is 0 Å². The molecule has 0 spiro atoms. The van der Waals surface area contributed by atoms with Crippen LogP contribution in [-0.4, -0.2) is 129 Å². The monoisotopic (exact) mass is 1620 g/mol. The molecule has 545 valence electrons. The number of anilines is 2. The van der Waals surface area contributed by atoms with Gasteiger partial charge < -0.3 is 39.0 Å². The number of hydrogen-bond acceptors (Lipinski definition) is 21. The van der Waals surface area contributed by atoms with Crippen molar-refractivity contribution in [2.45, 2.75) is 45.3 Å². The Morgan fingerprint density at radius 2 is 0.843 bits per heavy atom. The zero-order valence-electron chi connectivity index (χ0n) is 57.4. The first kappa shape index (κ1) is 74.1. The quantitative estimate of drug-likeness (QED) is 0.00834. The second-order valence-corrected chi connectivity index (χ2v) is 32.7. The van der Waals surface area contributed by atoms with Gasteiger partial charge in [0, 0.05) is 34.5 Å². The van der Waals surface area contributed by atoms with E-state index >= 15 is 0 Å². The van der Waals surface area contributed by atoms with Crippen molar-refractivity contribution in [1.29, 1.82) is 0 Å². The van der Waals surface area contributed by atoms with E-state index in [1.807, 2.05) is 24.7 Å². The Kier molecular flexibility index (Phi) is 20.4. The van der Waals surface area contributed by atoms with Crippen LogP contribution in [-0.2, 0) is 39.7 Å². The number of halogens is 2. The first-order valence-corrected chi connectivity index (χ1v) is 40.0. The number of amidine groups is 4. The van der Waals surface area contributed by atoms with E-state index in [9.17, 15) is 44.2 Å². The molecule has 0 unspecified atom stereocenters. The molecule has 108 heavy (non-hydrogen) atoms. The van der Waals surface area contributed by atoms with Crippen LogP contribution in [0.4, 0.5) is 23.0 Å². The molecule has 16 rings (SSSR count). The van der Waals surface area contributed by atoms with Crippen LogP contribution in [0.15, 0.2) is 239 Å². The van der Waals surface area contributed by atoms with Gasteiger partial charge >= 0.3 is 427 Å². The predicted octanol–water partition coefficient (Wildman–Crippen LogP) is 7.76. The first-order chi connectivity index (χ1) is 51.3. The van der Waals surface area contributed by atoms with Gasteiger partial charge in [-0.05, 0) is 61.4 Å². The molecule has 6 bridgehead atoms. The average Bonchev–Trinajstić information content (AvgIpc) is 1.55. The third kappa shape index (κ3) is 14.9. The maximum absolute atomic E-state index is 12.8. The van der Waals surface area contributed by atoms with Gasteiger partial charge in [0.25, 0.3) is 0 Å². The van der Waals surface area contributed by atoms with Gasteiger partial charge in [0.2, 0.25) is 23.8 Å². The molecule has 12 N–H and O–H groups in total. The summed E-state index contributed by atoms with van der Waals surface area (Å²) in [6, 6.07) is 45.8. The number of aliphatic imine (C=N–C) groups is 8.